The first-order chi connectivity index (χ1) is 9.24. The number of carbonyl (C=O) groups is 1. The molecule has 5 nitrogen and oxygen atoms in total. The normalized spacial score (nSPS) is 26.9. The Morgan fingerprint density at radius 1 is 1.37 bits per heavy atom. The number of nitrogen functional groups attached to an aromatic ring is 1. The van der Waals surface area contributed by atoms with Crippen LogP contribution in [0, 0.1) is 0 Å². The van der Waals surface area contributed by atoms with Crippen LogP contribution in [0.3, 0.4) is 0 Å². The summed E-state index contributed by atoms with van der Waals surface area (Å²) < 4.78 is 0. The highest BCUT2D eigenvalue weighted by atomic mass is 16.2. The average Bonchev–Trinajstić information content (AvgIpc) is 2.82. The molecule has 19 heavy (non-hydrogen) atoms. The van der Waals surface area contributed by atoms with Gasteiger partial charge in [0.15, 0.2) is 0 Å². The highest BCUT2D eigenvalue weighted by Crippen LogP contribution is 2.27. The van der Waals surface area contributed by atoms with E-state index in [-0.39, 0.29) is 11.9 Å². The van der Waals surface area contributed by atoms with Gasteiger partial charge in [0.1, 0.15) is 5.69 Å². The Kier molecular flexibility index (Phi) is 3.38. The van der Waals surface area contributed by atoms with Gasteiger partial charge in [-0.3, -0.25) is 14.7 Å². The summed E-state index contributed by atoms with van der Waals surface area (Å²) in [7, 11) is 0. The molecule has 3 heterocycles. The molecule has 3 rings (SSSR count). The summed E-state index contributed by atoms with van der Waals surface area (Å²) in [6.45, 7) is 2.27. The number of carbonyl (C=O) groups excluding carboxylic acids is 1. The van der Waals surface area contributed by atoms with Crippen molar-refractivity contribution in [1.29, 1.82) is 0 Å². The van der Waals surface area contributed by atoms with Gasteiger partial charge in [0.25, 0.3) is 5.91 Å². The lowest BCUT2D eigenvalue weighted by atomic mass is 9.99. The van der Waals surface area contributed by atoms with Gasteiger partial charge in [-0.25, -0.2) is 0 Å². The van der Waals surface area contributed by atoms with Crippen LogP contribution in [0.25, 0.3) is 0 Å². The number of hydrogen-bond acceptors (Lipinski definition) is 4. The van der Waals surface area contributed by atoms with Crippen molar-refractivity contribution in [3.05, 3.63) is 24.0 Å². The summed E-state index contributed by atoms with van der Waals surface area (Å²) in [4.78, 5) is 18.8. The van der Waals surface area contributed by atoms with Crippen LogP contribution in [0.2, 0.25) is 0 Å². The Morgan fingerprint density at radius 2 is 2.26 bits per heavy atom. The Bertz CT molecular complexity index is 476. The number of pyridine rings is 1. The quantitative estimate of drug-likeness (QED) is 0.833. The second-order valence-electron chi connectivity index (χ2n) is 5.44. The van der Waals surface area contributed by atoms with Gasteiger partial charge >= 0.3 is 0 Å². The first-order valence-electron chi connectivity index (χ1n) is 7.00. The standard InChI is InChI=1S/C14H20N4O/c15-10-4-6-16-12(9-10)14(19)17-11-5-8-18-7-2-1-3-13(11)18/h4,6,9,11,13H,1-3,5,7-8H2,(H2,15,16)(H,17,19). The monoisotopic (exact) mass is 260 g/mol. The molecule has 2 fully saturated rings. The van der Waals surface area contributed by atoms with Crippen molar-refractivity contribution in [2.75, 3.05) is 18.8 Å². The first-order valence-corrected chi connectivity index (χ1v) is 7.00. The van der Waals surface area contributed by atoms with E-state index in [1.54, 1.807) is 18.3 Å². The van der Waals surface area contributed by atoms with Crippen LogP contribution in [-0.4, -0.2) is 41.0 Å². The Balaban J connectivity index is 1.66. The summed E-state index contributed by atoms with van der Waals surface area (Å²) >= 11 is 0. The third kappa shape index (κ3) is 2.56. The second-order valence-corrected chi connectivity index (χ2v) is 5.44. The van der Waals surface area contributed by atoms with E-state index in [4.69, 9.17) is 5.73 Å². The van der Waals surface area contributed by atoms with Crippen molar-refractivity contribution in [3.63, 3.8) is 0 Å². The third-order valence-electron chi connectivity index (χ3n) is 4.19. The fourth-order valence-corrected chi connectivity index (χ4v) is 3.23. The van der Waals surface area contributed by atoms with E-state index >= 15 is 0 Å². The summed E-state index contributed by atoms with van der Waals surface area (Å²) in [6, 6.07) is 4.09. The number of fused-ring (bicyclic) bond motifs is 1. The third-order valence-corrected chi connectivity index (χ3v) is 4.19. The van der Waals surface area contributed by atoms with Crippen molar-refractivity contribution in [1.82, 2.24) is 15.2 Å². The molecule has 1 aromatic heterocycles. The lowest BCUT2D eigenvalue weighted by Gasteiger charge is -2.32. The van der Waals surface area contributed by atoms with Gasteiger partial charge < -0.3 is 11.1 Å². The minimum absolute atomic E-state index is 0.107. The topological polar surface area (TPSA) is 71.2 Å². The fourth-order valence-electron chi connectivity index (χ4n) is 3.23. The maximum Gasteiger partial charge on any atom is 0.270 e. The van der Waals surface area contributed by atoms with E-state index in [1.807, 2.05) is 0 Å². The Morgan fingerprint density at radius 3 is 3.11 bits per heavy atom. The molecule has 2 unspecified atom stereocenters. The lowest BCUT2D eigenvalue weighted by molar-refractivity contribution is 0.0910. The number of anilines is 1. The minimum Gasteiger partial charge on any atom is -0.399 e. The number of aromatic nitrogens is 1. The molecular weight excluding hydrogens is 240 g/mol. The van der Waals surface area contributed by atoms with Crippen LogP contribution in [-0.2, 0) is 0 Å². The highest BCUT2D eigenvalue weighted by Gasteiger charge is 2.36. The largest absolute Gasteiger partial charge is 0.399 e. The molecule has 0 radical (unpaired) electrons. The summed E-state index contributed by atoms with van der Waals surface area (Å²) in [5.41, 5.74) is 6.67. The summed E-state index contributed by atoms with van der Waals surface area (Å²) in [5, 5.41) is 3.12. The van der Waals surface area contributed by atoms with E-state index in [0.717, 1.165) is 13.0 Å². The van der Waals surface area contributed by atoms with Gasteiger partial charge in [0.2, 0.25) is 0 Å². The smallest absolute Gasteiger partial charge is 0.270 e. The number of nitrogens with two attached hydrogens (primary N) is 1. The molecule has 102 valence electrons. The predicted octanol–water partition coefficient (Wildman–Crippen LogP) is 1.02. The molecule has 0 bridgehead atoms. The van der Waals surface area contributed by atoms with Crippen molar-refractivity contribution >= 4 is 11.6 Å². The summed E-state index contributed by atoms with van der Waals surface area (Å²) in [5.74, 6) is -0.107. The SMILES string of the molecule is Nc1ccnc(C(=O)NC2CCN3CCCCC23)c1. The molecule has 5 heteroatoms. The van der Waals surface area contributed by atoms with Crippen LogP contribution in [0.4, 0.5) is 5.69 Å². The molecule has 0 aliphatic carbocycles. The maximum atomic E-state index is 12.2. The van der Waals surface area contributed by atoms with Crippen LogP contribution in [0.15, 0.2) is 18.3 Å². The molecule has 0 saturated carbocycles. The predicted molar refractivity (Wildman–Crippen MR) is 73.7 cm³/mol. The van der Waals surface area contributed by atoms with Crippen LogP contribution >= 0.6 is 0 Å². The Labute approximate surface area is 113 Å². The number of nitrogens with one attached hydrogen (secondary N) is 1. The Hall–Kier alpha value is -1.62. The van der Waals surface area contributed by atoms with Gasteiger partial charge in [-0.05, 0) is 37.9 Å². The molecule has 0 aromatic carbocycles. The fraction of sp³-hybridized carbons (Fsp3) is 0.571. The van der Waals surface area contributed by atoms with Gasteiger partial charge in [0, 0.05) is 30.5 Å². The van der Waals surface area contributed by atoms with Crippen LogP contribution in [0.1, 0.15) is 36.2 Å². The van der Waals surface area contributed by atoms with Crippen molar-refractivity contribution in [2.24, 2.45) is 0 Å². The van der Waals surface area contributed by atoms with Gasteiger partial charge in [-0.1, -0.05) is 6.42 Å². The lowest BCUT2D eigenvalue weighted by Crippen LogP contribution is -2.46. The van der Waals surface area contributed by atoms with Gasteiger partial charge in [0.05, 0.1) is 0 Å². The van der Waals surface area contributed by atoms with E-state index < -0.39 is 0 Å². The number of hydrogen-bond donors (Lipinski definition) is 2. The van der Waals surface area contributed by atoms with E-state index in [0.29, 0.717) is 17.4 Å². The summed E-state index contributed by atoms with van der Waals surface area (Å²) in [6.07, 6.45) is 6.36. The number of piperidine rings is 1. The molecule has 2 saturated heterocycles. The second kappa shape index (κ2) is 5.17. The van der Waals surface area contributed by atoms with Gasteiger partial charge in [-0.2, -0.15) is 0 Å². The number of nitrogens with zero attached hydrogens (tertiary/aromatic N) is 2. The van der Waals surface area contributed by atoms with E-state index in [9.17, 15) is 4.79 Å². The van der Waals surface area contributed by atoms with E-state index in [2.05, 4.69) is 15.2 Å². The molecule has 1 aromatic rings. The highest BCUT2D eigenvalue weighted by molar-refractivity contribution is 5.93. The maximum absolute atomic E-state index is 12.2. The molecule has 1 amide bonds. The zero-order valence-corrected chi connectivity index (χ0v) is 11.0. The van der Waals surface area contributed by atoms with Crippen LogP contribution < -0.4 is 11.1 Å². The van der Waals surface area contributed by atoms with Crippen molar-refractivity contribution in [3.8, 4) is 0 Å². The van der Waals surface area contributed by atoms with Crippen LogP contribution in [0.5, 0.6) is 0 Å². The molecule has 3 N–H and O–H groups in total. The number of rotatable bonds is 2. The molecule has 2 aliphatic heterocycles. The average molecular weight is 260 g/mol. The van der Waals surface area contributed by atoms with Crippen molar-refractivity contribution in [2.45, 2.75) is 37.8 Å². The molecule has 2 atom stereocenters. The minimum atomic E-state index is -0.107. The molecule has 2 aliphatic rings. The number of amides is 1. The zero-order valence-electron chi connectivity index (χ0n) is 11.0. The van der Waals surface area contributed by atoms with Gasteiger partial charge in [-0.15, -0.1) is 0 Å². The first kappa shape index (κ1) is 12.4. The molecular formula is C14H20N4O. The van der Waals surface area contributed by atoms with Crippen molar-refractivity contribution < 1.29 is 4.79 Å². The van der Waals surface area contributed by atoms with E-state index in [1.165, 1.54) is 25.8 Å². The zero-order chi connectivity index (χ0) is 13.2. The molecule has 0 spiro atoms.